The van der Waals surface area contributed by atoms with Gasteiger partial charge in [-0.3, -0.25) is 9.59 Å². The Morgan fingerprint density at radius 1 is 0.909 bits per heavy atom. The number of carbonyl (C=O) groups excluding carboxylic acids is 2. The first-order chi connectivity index (χ1) is 16.0. The second-order valence-corrected chi connectivity index (χ2v) is 8.20. The summed E-state index contributed by atoms with van der Waals surface area (Å²) in [6, 6.07) is 21.5. The van der Waals surface area contributed by atoms with E-state index in [9.17, 15) is 9.59 Å². The highest BCUT2D eigenvalue weighted by Gasteiger charge is 2.14. The van der Waals surface area contributed by atoms with E-state index in [1.165, 1.54) is 0 Å². The fourth-order valence-electron chi connectivity index (χ4n) is 3.68. The molecule has 168 valence electrons. The van der Waals surface area contributed by atoms with Crippen LogP contribution in [0.2, 0.25) is 0 Å². The molecule has 0 fully saturated rings. The lowest BCUT2D eigenvalue weighted by atomic mass is 10.0. The number of methoxy groups -OCH3 is 1. The third kappa shape index (κ3) is 4.95. The van der Waals surface area contributed by atoms with Gasteiger partial charge in [-0.2, -0.15) is 0 Å². The van der Waals surface area contributed by atoms with E-state index in [-0.39, 0.29) is 17.7 Å². The molecule has 6 nitrogen and oxygen atoms in total. The number of carbonyl (C=O) groups is 2. The number of aromatic nitrogens is 1. The maximum absolute atomic E-state index is 13.0. The normalized spacial score (nSPS) is 11.0. The lowest BCUT2D eigenvalue weighted by Gasteiger charge is -2.12. The molecule has 0 atom stereocenters. The van der Waals surface area contributed by atoms with Crippen molar-refractivity contribution in [1.82, 2.24) is 15.6 Å². The van der Waals surface area contributed by atoms with Gasteiger partial charge in [-0.05, 0) is 41.1 Å². The third-order valence-electron chi connectivity index (χ3n) is 5.54. The van der Waals surface area contributed by atoms with Gasteiger partial charge in [-0.25, -0.2) is 4.98 Å². The predicted octanol–water partition coefficient (Wildman–Crippen LogP) is 4.57. The highest BCUT2D eigenvalue weighted by molar-refractivity contribution is 6.07. The van der Waals surface area contributed by atoms with Gasteiger partial charge in [0.2, 0.25) is 5.91 Å². The molecule has 0 saturated carbocycles. The summed E-state index contributed by atoms with van der Waals surface area (Å²) < 4.78 is 5.31. The summed E-state index contributed by atoms with van der Waals surface area (Å²) in [4.78, 5) is 29.6. The van der Waals surface area contributed by atoms with Crippen molar-refractivity contribution in [2.75, 3.05) is 20.2 Å². The van der Waals surface area contributed by atoms with Gasteiger partial charge in [0.1, 0.15) is 5.75 Å². The van der Waals surface area contributed by atoms with Crippen LogP contribution < -0.4 is 15.4 Å². The first-order valence-corrected chi connectivity index (χ1v) is 11.0. The minimum absolute atomic E-state index is 0.0326. The molecule has 3 aromatic carbocycles. The molecule has 0 spiro atoms. The molecule has 0 aliphatic carbocycles. The number of nitrogens with one attached hydrogen (secondary N) is 2. The van der Waals surface area contributed by atoms with Gasteiger partial charge in [0.15, 0.2) is 0 Å². The minimum Gasteiger partial charge on any atom is -0.497 e. The topological polar surface area (TPSA) is 80.3 Å². The van der Waals surface area contributed by atoms with Crippen LogP contribution in [-0.2, 0) is 4.79 Å². The molecular weight excluding hydrogens is 414 g/mol. The molecule has 1 heterocycles. The van der Waals surface area contributed by atoms with Crippen LogP contribution in [0.15, 0.2) is 66.7 Å². The standard InChI is InChI=1S/C27H27N3O3/c1-17(2)26(31)28-12-13-29-27(32)23-16-25(30-24-7-5-4-6-22(23)24)20-9-8-19-15-21(33-3)11-10-18(19)14-20/h4-11,14-17H,12-13H2,1-3H3,(H,28,31)(H,29,32). The van der Waals surface area contributed by atoms with Gasteiger partial charge in [0.25, 0.3) is 5.91 Å². The monoisotopic (exact) mass is 441 g/mol. The molecule has 0 unspecified atom stereocenters. The molecule has 33 heavy (non-hydrogen) atoms. The Morgan fingerprint density at radius 2 is 1.64 bits per heavy atom. The number of hydrogen-bond donors (Lipinski definition) is 2. The van der Waals surface area contributed by atoms with Gasteiger partial charge >= 0.3 is 0 Å². The van der Waals surface area contributed by atoms with Gasteiger partial charge in [0.05, 0.1) is 23.9 Å². The van der Waals surface area contributed by atoms with E-state index < -0.39 is 0 Å². The van der Waals surface area contributed by atoms with E-state index in [2.05, 4.69) is 16.7 Å². The van der Waals surface area contributed by atoms with E-state index in [1.54, 1.807) is 7.11 Å². The molecule has 0 saturated heterocycles. The molecule has 0 aliphatic rings. The summed E-state index contributed by atoms with van der Waals surface area (Å²) in [5.74, 6) is 0.493. The number of amides is 2. The van der Waals surface area contributed by atoms with Crippen molar-refractivity contribution in [3.63, 3.8) is 0 Å². The van der Waals surface area contributed by atoms with Gasteiger partial charge in [-0.1, -0.05) is 50.2 Å². The quantitative estimate of drug-likeness (QED) is 0.412. The molecule has 4 aromatic rings. The van der Waals surface area contributed by atoms with Crippen LogP contribution in [0.5, 0.6) is 5.75 Å². The molecule has 0 aliphatic heterocycles. The Balaban J connectivity index is 1.63. The second kappa shape index (κ2) is 9.69. The number of pyridine rings is 1. The minimum atomic E-state index is -0.195. The average molecular weight is 442 g/mol. The Bertz CT molecular complexity index is 1330. The van der Waals surface area contributed by atoms with Crippen LogP contribution in [0.1, 0.15) is 24.2 Å². The summed E-state index contributed by atoms with van der Waals surface area (Å²) in [5, 5.41) is 8.65. The summed E-state index contributed by atoms with van der Waals surface area (Å²) in [6.45, 7) is 4.40. The molecule has 0 radical (unpaired) electrons. The summed E-state index contributed by atoms with van der Waals surface area (Å²) in [7, 11) is 1.65. The van der Waals surface area contributed by atoms with Crippen LogP contribution in [-0.4, -0.2) is 37.0 Å². The average Bonchev–Trinajstić information content (AvgIpc) is 2.84. The number of ether oxygens (including phenoxy) is 1. The van der Waals surface area contributed by atoms with Crippen LogP contribution in [0.3, 0.4) is 0 Å². The summed E-state index contributed by atoms with van der Waals surface area (Å²) in [6.07, 6.45) is 0. The summed E-state index contributed by atoms with van der Waals surface area (Å²) in [5.41, 5.74) is 2.96. The smallest absolute Gasteiger partial charge is 0.252 e. The van der Waals surface area contributed by atoms with E-state index in [0.717, 1.165) is 38.7 Å². The molecule has 6 heteroatoms. The molecular formula is C27H27N3O3. The molecule has 2 amide bonds. The van der Waals surface area contributed by atoms with Crippen molar-refractivity contribution in [2.45, 2.75) is 13.8 Å². The maximum Gasteiger partial charge on any atom is 0.252 e. The Morgan fingerprint density at radius 3 is 2.42 bits per heavy atom. The zero-order valence-electron chi connectivity index (χ0n) is 19.0. The second-order valence-electron chi connectivity index (χ2n) is 8.20. The third-order valence-corrected chi connectivity index (χ3v) is 5.54. The fraction of sp³-hybridized carbons (Fsp3) is 0.222. The van der Waals surface area contributed by atoms with E-state index in [1.807, 2.05) is 74.5 Å². The van der Waals surface area contributed by atoms with Crippen LogP contribution in [0.25, 0.3) is 32.9 Å². The van der Waals surface area contributed by atoms with Gasteiger partial charge in [0, 0.05) is 30.0 Å². The van der Waals surface area contributed by atoms with Crippen LogP contribution in [0, 0.1) is 5.92 Å². The van der Waals surface area contributed by atoms with Crippen molar-refractivity contribution in [2.24, 2.45) is 5.92 Å². The number of para-hydroxylation sites is 1. The van der Waals surface area contributed by atoms with Crippen LogP contribution >= 0.6 is 0 Å². The lowest BCUT2D eigenvalue weighted by Crippen LogP contribution is -2.36. The van der Waals surface area contributed by atoms with Gasteiger partial charge < -0.3 is 15.4 Å². The van der Waals surface area contributed by atoms with Gasteiger partial charge in [-0.15, -0.1) is 0 Å². The van der Waals surface area contributed by atoms with E-state index in [4.69, 9.17) is 9.72 Å². The van der Waals surface area contributed by atoms with Crippen molar-refractivity contribution < 1.29 is 14.3 Å². The number of nitrogens with zero attached hydrogens (tertiary/aromatic N) is 1. The molecule has 0 bridgehead atoms. The predicted molar refractivity (Wildman–Crippen MR) is 131 cm³/mol. The van der Waals surface area contributed by atoms with E-state index in [0.29, 0.717) is 18.7 Å². The molecule has 1 aromatic heterocycles. The summed E-state index contributed by atoms with van der Waals surface area (Å²) >= 11 is 0. The largest absolute Gasteiger partial charge is 0.497 e. The SMILES string of the molecule is COc1ccc2cc(-c3cc(C(=O)NCCNC(=O)C(C)C)c4ccccc4n3)ccc2c1. The van der Waals surface area contributed by atoms with Crippen LogP contribution in [0.4, 0.5) is 0 Å². The Hall–Kier alpha value is -3.93. The number of benzene rings is 3. The number of rotatable bonds is 7. The zero-order chi connectivity index (χ0) is 23.4. The fourth-order valence-corrected chi connectivity index (χ4v) is 3.68. The van der Waals surface area contributed by atoms with Crippen molar-refractivity contribution in [1.29, 1.82) is 0 Å². The Labute approximate surface area is 193 Å². The van der Waals surface area contributed by atoms with Crippen molar-refractivity contribution in [3.8, 4) is 17.0 Å². The number of hydrogen-bond acceptors (Lipinski definition) is 4. The van der Waals surface area contributed by atoms with E-state index >= 15 is 0 Å². The molecule has 4 rings (SSSR count). The highest BCUT2D eigenvalue weighted by Crippen LogP contribution is 2.29. The van der Waals surface area contributed by atoms with Crippen molar-refractivity contribution in [3.05, 3.63) is 72.3 Å². The first-order valence-electron chi connectivity index (χ1n) is 11.0. The lowest BCUT2D eigenvalue weighted by molar-refractivity contribution is -0.123. The molecule has 2 N–H and O–H groups in total. The number of fused-ring (bicyclic) bond motifs is 2. The zero-order valence-corrected chi connectivity index (χ0v) is 19.0. The van der Waals surface area contributed by atoms with Crippen molar-refractivity contribution >= 4 is 33.5 Å². The maximum atomic E-state index is 13.0. The Kier molecular flexibility index (Phi) is 6.54. The highest BCUT2D eigenvalue weighted by atomic mass is 16.5. The first kappa shape index (κ1) is 22.3.